The van der Waals surface area contributed by atoms with E-state index in [1.807, 2.05) is 36.4 Å². The van der Waals surface area contributed by atoms with Crippen LogP contribution in [0.2, 0.25) is 0 Å². The van der Waals surface area contributed by atoms with E-state index in [1.165, 1.54) is 0 Å². The fraction of sp³-hybridized carbons (Fsp3) is 0.129. The fourth-order valence-electron chi connectivity index (χ4n) is 4.95. The second-order valence-corrected chi connectivity index (χ2v) is 9.26. The number of aromatic amines is 1. The van der Waals surface area contributed by atoms with E-state index in [0.717, 1.165) is 69.2 Å². The molecule has 2 aromatic heterocycles. The van der Waals surface area contributed by atoms with Gasteiger partial charge in [-0.1, -0.05) is 91.9 Å². The van der Waals surface area contributed by atoms with Crippen LogP contribution in [0.15, 0.2) is 91.0 Å². The third-order valence-corrected chi connectivity index (χ3v) is 6.81. The van der Waals surface area contributed by atoms with Crippen molar-refractivity contribution in [2.45, 2.75) is 26.3 Å². The van der Waals surface area contributed by atoms with Gasteiger partial charge in [-0.2, -0.15) is 5.21 Å². The predicted octanol–water partition coefficient (Wildman–Crippen LogP) is 6.36. The van der Waals surface area contributed by atoms with Gasteiger partial charge in [0.1, 0.15) is 11.5 Å². The molecule has 38 heavy (non-hydrogen) atoms. The van der Waals surface area contributed by atoms with Gasteiger partial charge in [0.25, 0.3) is 0 Å². The number of tetrazole rings is 1. The van der Waals surface area contributed by atoms with Gasteiger partial charge in [-0.3, -0.25) is 4.79 Å². The summed E-state index contributed by atoms with van der Waals surface area (Å²) < 4.78 is 2.06. The van der Waals surface area contributed by atoms with Crippen LogP contribution in [0.4, 0.5) is 0 Å². The van der Waals surface area contributed by atoms with Crippen LogP contribution in [0.3, 0.4) is 0 Å². The largest absolute Gasteiger partial charge is 0.321 e. The Morgan fingerprint density at radius 3 is 2.32 bits per heavy atom. The highest BCUT2D eigenvalue weighted by Gasteiger charge is 2.19. The molecule has 0 bridgehead atoms. The summed E-state index contributed by atoms with van der Waals surface area (Å²) in [5.41, 5.74) is 6.39. The van der Waals surface area contributed by atoms with Crippen LogP contribution in [-0.2, 0) is 13.0 Å². The van der Waals surface area contributed by atoms with Gasteiger partial charge < -0.3 is 4.57 Å². The van der Waals surface area contributed by atoms with E-state index in [4.69, 9.17) is 4.98 Å². The zero-order valence-corrected chi connectivity index (χ0v) is 21.0. The maximum atomic E-state index is 12.4. The Morgan fingerprint density at radius 1 is 0.842 bits per heavy atom. The molecule has 0 aliphatic rings. The molecular formula is C31H26N6O. The Balaban J connectivity index is 1.35. The first-order chi connectivity index (χ1) is 18.7. The zero-order valence-electron chi connectivity index (χ0n) is 21.0. The number of hydrogen-bond donors (Lipinski definition) is 1. The molecule has 0 saturated heterocycles. The molecule has 0 fully saturated rings. The van der Waals surface area contributed by atoms with Crippen molar-refractivity contribution in [1.29, 1.82) is 0 Å². The van der Waals surface area contributed by atoms with Crippen LogP contribution in [0.25, 0.3) is 44.5 Å². The number of benzene rings is 4. The lowest BCUT2D eigenvalue weighted by molar-refractivity contribution is 0.111. The Bertz CT molecular complexity index is 1720. The summed E-state index contributed by atoms with van der Waals surface area (Å²) in [5, 5.41) is 16.8. The Morgan fingerprint density at radius 2 is 1.58 bits per heavy atom. The second-order valence-electron chi connectivity index (χ2n) is 9.26. The van der Waals surface area contributed by atoms with Crippen molar-refractivity contribution >= 4 is 17.1 Å². The highest BCUT2D eigenvalue weighted by molar-refractivity contribution is 5.90. The highest BCUT2D eigenvalue weighted by Crippen LogP contribution is 2.31. The summed E-state index contributed by atoms with van der Waals surface area (Å²) in [4.78, 5) is 17.4. The molecule has 0 spiro atoms. The second kappa shape index (κ2) is 10.2. The number of imidazole rings is 1. The number of carbonyl (C=O) groups excluding carboxylic acids is 1. The van der Waals surface area contributed by atoms with Gasteiger partial charge in [-0.05, 0) is 45.2 Å². The van der Waals surface area contributed by atoms with E-state index in [2.05, 4.69) is 86.7 Å². The van der Waals surface area contributed by atoms with Crippen molar-refractivity contribution in [3.63, 3.8) is 0 Å². The molecule has 4 aromatic carbocycles. The SMILES string of the molecule is CCCc1nc(-c2ccc3ccccc3c2)c(C=O)n1Cc1ccc(-c2ccccc2-c2nn[nH]n2)cc1. The Kier molecular flexibility index (Phi) is 6.32. The quantitative estimate of drug-likeness (QED) is 0.247. The van der Waals surface area contributed by atoms with Crippen LogP contribution < -0.4 is 0 Å². The predicted molar refractivity (Wildman–Crippen MR) is 149 cm³/mol. The van der Waals surface area contributed by atoms with Crippen molar-refractivity contribution in [1.82, 2.24) is 30.2 Å². The molecular weight excluding hydrogens is 472 g/mol. The topological polar surface area (TPSA) is 89.4 Å². The van der Waals surface area contributed by atoms with Gasteiger partial charge in [-0.15, -0.1) is 10.2 Å². The average Bonchev–Trinajstić information content (AvgIpc) is 3.62. The monoisotopic (exact) mass is 498 g/mol. The Hall–Kier alpha value is -4.91. The zero-order chi connectivity index (χ0) is 25.9. The van der Waals surface area contributed by atoms with Gasteiger partial charge >= 0.3 is 0 Å². The van der Waals surface area contributed by atoms with Crippen molar-refractivity contribution in [2.75, 3.05) is 0 Å². The lowest BCUT2D eigenvalue weighted by atomic mass is 9.98. The van der Waals surface area contributed by atoms with Crippen molar-refractivity contribution < 1.29 is 4.79 Å². The fourth-order valence-corrected chi connectivity index (χ4v) is 4.95. The summed E-state index contributed by atoms with van der Waals surface area (Å²) in [6.07, 6.45) is 2.68. The van der Waals surface area contributed by atoms with Crippen molar-refractivity contribution in [2.24, 2.45) is 0 Å². The minimum atomic E-state index is 0.559. The molecule has 0 saturated carbocycles. The van der Waals surface area contributed by atoms with Gasteiger partial charge in [0, 0.05) is 24.1 Å². The van der Waals surface area contributed by atoms with E-state index >= 15 is 0 Å². The molecule has 0 unspecified atom stereocenters. The third-order valence-electron chi connectivity index (χ3n) is 6.81. The summed E-state index contributed by atoms with van der Waals surface area (Å²) >= 11 is 0. The van der Waals surface area contributed by atoms with E-state index in [-0.39, 0.29) is 0 Å². The molecule has 186 valence electrons. The third kappa shape index (κ3) is 4.39. The lowest BCUT2D eigenvalue weighted by Gasteiger charge is -2.11. The van der Waals surface area contributed by atoms with Crippen LogP contribution >= 0.6 is 0 Å². The number of aryl methyl sites for hydroxylation is 1. The Labute approximate surface area is 220 Å². The summed E-state index contributed by atoms with van der Waals surface area (Å²) in [7, 11) is 0. The van der Waals surface area contributed by atoms with Gasteiger partial charge in [0.2, 0.25) is 5.82 Å². The van der Waals surface area contributed by atoms with Crippen LogP contribution in [-0.4, -0.2) is 36.5 Å². The molecule has 1 N–H and O–H groups in total. The van der Waals surface area contributed by atoms with E-state index in [1.54, 1.807) is 0 Å². The lowest BCUT2D eigenvalue weighted by Crippen LogP contribution is -2.08. The standard InChI is InChI=1S/C31H26N6O/c1-2-7-29-32-30(25-17-16-22-8-3-4-9-24(22)18-25)28(20-38)37(29)19-21-12-14-23(15-13-21)26-10-5-6-11-27(26)31-33-35-36-34-31/h3-6,8-18,20H,2,7,19H2,1H3,(H,33,34,35,36). The smallest absolute Gasteiger partial charge is 0.205 e. The van der Waals surface area contributed by atoms with E-state index < -0.39 is 0 Å². The number of fused-ring (bicyclic) bond motifs is 1. The minimum absolute atomic E-state index is 0.559. The number of aromatic nitrogens is 6. The van der Waals surface area contributed by atoms with Gasteiger partial charge in [0.15, 0.2) is 6.29 Å². The number of aldehydes is 1. The maximum Gasteiger partial charge on any atom is 0.205 e. The van der Waals surface area contributed by atoms with E-state index in [0.29, 0.717) is 18.1 Å². The first-order valence-electron chi connectivity index (χ1n) is 12.7. The van der Waals surface area contributed by atoms with Gasteiger partial charge in [0.05, 0.1) is 5.69 Å². The number of carbonyl (C=O) groups is 1. The molecule has 0 atom stereocenters. The minimum Gasteiger partial charge on any atom is -0.321 e. The van der Waals surface area contributed by atoms with Crippen LogP contribution in [0.5, 0.6) is 0 Å². The molecule has 7 nitrogen and oxygen atoms in total. The molecule has 6 aromatic rings. The number of H-pyrrole nitrogens is 1. The summed E-state index contributed by atoms with van der Waals surface area (Å²) in [6, 6.07) is 30.9. The molecule has 0 radical (unpaired) electrons. The average molecular weight is 499 g/mol. The van der Waals surface area contributed by atoms with Gasteiger partial charge in [-0.25, -0.2) is 4.98 Å². The number of nitrogens with zero attached hydrogens (tertiary/aromatic N) is 5. The molecule has 7 heteroatoms. The summed E-state index contributed by atoms with van der Waals surface area (Å²) in [6.45, 7) is 2.70. The summed E-state index contributed by atoms with van der Waals surface area (Å²) in [5.74, 6) is 1.48. The number of hydrogen-bond acceptors (Lipinski definition) is 5. The normalized spacial score (nSPS) is 11.2. The maximum absolute atomic E-state index is 12.4. The van der Waals surface area contributed by atoms with Crippen LogP contribution in [0.1, 0.15) is 35.2 Å². The van der Waals surface area contributed by atoms with Crippen molar-refractivity contribution in [3.8, 4) is 33.8 Å². The van der Waals surface area contributed by atoms with Crippen molar-refractivity contribution in [3.05, 3.63) is 108 Å². The first kappa shape index (κ1) is 23.5. The number of nitrogens with one attached hydrogen (secondary N) is 1. The molecule has 0 aliphatic carbocycles. The molecule has 0 aliphatic heterocycles. The number of rotatable bonds is 8. The molecule has 2 heterocycles. The molecule has 0 amide bonds. The van der Waals surface area contributed by atoms with Crippen LogP contribution in [0, 0.1) is 0 Å². The first-order valence-corrected chi connectivity index (χ1v) is 12.7. The highest BCUT2D eigenvalue weighted by atomic mass is 16.1. The van der Waals surface area contributed by atoms with E-state index in [9.17, 15) is 4.79 Å². The molecule has 6 rings (SSSR count).